The molecule has 2 amide bonds. The summed E-state index contributed by atoms with van der Waals surface area (Å²) in [5, 5.41) is 0. The number of Topliss-reactive ketones (excluding diaryl/α,β-unsaturated/α-hetero) is 1. The van der Waals surface area contributed by atoms with Crippen LogP contribution in [0.2, 0.25) is 0 Å². The third-order valence-corrected chi connectivity index (χ3v) is 3.36. The molecule has 0 unspecified atom stereocenters. The minimum absolute atomic E-state index is 0.217. The van der Waals surface area contributed by atoms with E-state index in [-0.39, 0.29) is 12.3 Å². The topological polar surface area (TPSA) is 92.5 Å². The van der Waals surface area contributed by atoms with Crippen molar-refractivity contribution in [3.63, 3.8) is 0 Å². The van der Waals surface area contributed by atoms with Crippen LogP contribution in [0.5, 0.6) is 0 Å². The molecule has 1 aliphatic rings. The molecule has 2 rings (SSSR count). The van der Waals surface area contributed by atoms with E-state index in [0.29, 0.717) is 24.2 Å². The number of amides is 2. The summed E-state index contributed by atoms with van der Waals surface area (Å²) in [7, 11) is 0. The Morgan fingerprint density at radius 3 is 2.65 bits per heavy atom. The van der Waals surface area contributed by atoms with Crippen molar-refractivity contribution < 1.29 is 14.4 Å². The maximum Gasteiger partial charge on any atom is 0.299 e. The Hall–Kier alpha value is -2.21. The number of rotatable bonds is 4. The van der Waals surface area contributed by atoms with E-state index in [0.717, 1.165) is 11.1 Å². The fourth-order valence-corrected chi connectivity index (χ4v) is 2.48. The summed E-state index contributed by atoms with van der Waals surface area (Å²) < 4.78 is 0. The van der Waals surface area contributed by atoms with Crippen LogP contribution in [0.1, 0.15) is 34.3 Å². The van der Waals surface area contributed by atoms with Crippen LogP contribution in [-0.2, 0) is 9.59 Å². The molecule has 0 saturated heterocycles. The third kappa shape index (κ3) is 2.42. The quantitative estimate of drug-likeness (QED) is 0.364. The number of hydrogen-bond acceptors (Lipinski definition) is 4. The van der Waals surface area contributed by atoms with Gasteiger partial charge in [-0.25, -0.2) is 5.84 Å². The lowest BCUT2D eigenvalue weighted by atomic mass is 10.0. The summed E-state index contributed by atoms with van der Waals surface area (Å²) >= 11 is 0. The molecule has 1 aromatic carbocycles. The maximum atomic E-state index is 12.0. The van der Waals surface area contributed by atoms with Gasteiger partial charge in [0.25, 0.3) is 11.7 Å². The van der Waals surface area contributed by atoms with Crippen LogP contribution in [0.25, 0.3) is 0 Å². The summed E-state index contributed by atoms with van der Waals surface area (Å²) in [6.07, 6.45) is 0.670. The van der Waals surface area contributed by atoms with E-state index in [1.165, 1.54) is 4.90 Å². The van der Waals surface area contributed by atoms with E-state index in [4.69, 9.17) is 5.84 Å². The van der Waals surface area contributed by atoms with E-state index in [1.807, 2.05) is 31.4 Å². The zero-order valence-electron chi connectivity index (χ0n) is 11.5. The van der Waals surface area contributed by atoms with Crippen LogP contribution < -0.4 is 16.2 Å². The van der Waals surface area contributed by atoms with E-state index in [2.05, 4.69) is 0 Å². The van der Waals surface area contributed by atoms with Crippen molar-refractivity contribution in [3.05, 3.63) is 28.8 Å². The number of benzene rings is 1. The smallest absolute Gasteiger partial charge is 0.299 e. The molecule has 0 saturated carbocycles. The minimum Gasteiger partial charge on any atom is -0.305 e. The molecule has 106 valence electrons. The van der Waals surface area contributed by atoms with Gasteiger partial charge >= 0.3 is 0 Å². The Morgan fingerprint density at radius 2 is 2.00 bits per heavy atom. The van der Waals surface area contributed by atoms with Gasteiger partial charge in [-0.2, -0.15) is 0 Å². The average Bonchev–Trinajstić information content (AvgIpc) is 2.63. The van der Waals surface area contributed by atoms with E-state index >= 15 is 0 Å². The lowest BCUT2D eigenvalue weighted by Gasteiger charge is -2.17. The lowest BCUT2D eigenvalue weighted by molar-refractivity contribution is -0.121. The lowest BCUT2D eigenvalue weighted by Crippen LogP contribution is -2.33. The number of carbonyl (C=O) groups excluding carboxylic acids is 3. The van der Waals surface area contributed by atoms with Gasteiger partial charge in [0, 0.05) is 13.0 Å². The molecule has 0 atom stereocenters. The fourth-order valence-electron chi connectivity index (χ4n) is 2.48. The summed E-state index contributed by atoms with van der Waals surface area (Å²) in [6, 6.07) is 3.71. The normalized spacial score (nSPS) is 13.7. The van der Waals surface area contributed by atoms with Crippen molar-refractivity contribution in [2.75, 3.05) is 11.4 Å². The summed E-state index contributed by atoms with van der Waals surface area (Å²) in [6.45, 7) is 4.07. The number of ketones is 1. The number of nitrogens with one attached hydrogen (secondary N) is 1. The van der Waals surface area contributed by atoms with Gasteiger partial charge < -0.3 is 4.90 Å². The minimum atomic E-state index is -0.526. The first-order valence-corrected chi connectivity index (χ1v) is 6.42. The molecule has 0 spiro atoms. The highest BCUT2D eigenvalue weighted by molar-refractivity contribution is 6.52. The van der Waals surface area contributed by atoms with Crippen molar-refractivity contribution in [1.29, 1.82) is 0 Å². The molecular weight excluding hydrogens is 258 g/mol. The molecule has 0 aliphatic carbocycles. The second-order valence-corrected chi connectivity index (χ2v) is 4.93. The molecule has 0 fully saturated rings. The maximum absolute atomic E-state index is 12.0. The van der Waals surface area contributed by atoms with Crippen LogP contribution in [0.4, 0.5) is 5.69 Å². The van der Waals surface area contributed by atoms with Crippen molar-refractivity contribution in [2.45, 2.75) is 26.7 Å². The molecule has 1 heterocycles. The largest absolute Gasteiger partial charge is 0.305 e. The first kappa shape index (κ1) is 14.2. The molecule has 0 bridgehead atoms. The molecule has 20 heavy (non-hydrogen) atoms. The van der Waals surface area contributed by atoms with Crippen molar-refractivity contribution in [2.24, 2.45) is 5.84 Å². The number of carbonyl (C=O) groups is 3. The number of aryl methyl sites for hydroxylation is 2. The standard InChI is InChI=1S/C14H17N3O3/c1-8-6-9(2)12-10(7-8)17(14(20)13(12)19)5-3-4-11(18)16-15/h6-7H,3-5,15H2,1-2H3,(H,16,18). The Morgan fingerprint density at radius 1 is 1.30 bits per heavy atom. The van der Waals surface area contributed by atoms with Crippen LogP contribution in [0.3, 0.4) is 0 Å². The number of anilines is 1. The number of nitrogens with two attached hydrogens (primary N) is 1. The van der Waals surface area contributed by atoms with Gasteiger partial charge in [-0.3, -0.25) is 19.8 Å². The predicted molar refractivity (Wildman–Crippen MR) is 74.2 cm³/mol. The first-order chi connectivity index (χ1) is 9.45. The van der Waals surface area contributed by atoms with Crippen molar-refractivity contribution >= 4 is 23.3 Å². The second-order valence-electron chi connectivity index (χ2n) is 4.93. The Kier molecular flexibility index (Phi) is 3.85. The van der Waals surface area contributed by atoms with E-state index in [1.54, 1.807) is 0 Å². The van der Waals surface area contributed by atoms with Gasteiger partial charge in [-0.05, 0) is 37.5 Å². The first-order valence-electron chi connectivity index (χ1n) is 6.42. The molecule has 0 aromatic heterocycles. The average molecular weight is 275 g/mol. The van der Waals surface area contributed by atoms with Gasteiger partial charge in [-0.15, -0.1) is 0 Å². The molecule has 1 aromatic rings. The van der Waals surface area contributed by atoms with Crippen LogP contribution in [0, 0.1) is 13.8 Å². The molecule has 6 heteroatoms. The van der Waals surface area contributed by atoms with Gasteiger partial charge in [0.1, 0.15) is 0 Å². The predicted octanol–water partition coefficient (Wildman–Crippen LogP) is 0.603. The SMILES string of the molecule is Cc1cc(C)c2c(c1)N(CCCC(=O)NN)C(=O)C2=O. The molecular formula is C14H17N3O3. The zero-order chi connectivity index (χ0) is 14.9. The van der Waals surface area contributed by atoms with Gasteiger partial charge in [-0.1, -0.05) is 6.07 Å². The highest BCUT2D eigenvalue weighted by Crippen LogP contribution is 2.32. The van der Waals surface area contributed by atoms with Crippen LogP contribution in [-0.4, -0.2) is 24.1 Å². The summed E-state index contributed by atoms with van der Waals surface area (Å²) in [5.41, 5.74) is 4.96. The van der Waals surface area contributed by atoms with Crippen molar-refractivity contribution in [3.8, 4) is 0 Å². The second kappa shape index (κ2) is 5.42. The Bertz CT molecular complexity index is 596. The van der Waals surface area contributed by atoms with Crippen molar-refractivity contribution in [1.82, 2.24) is 5.43 Å². The highest BCUT2D eigenvalue weighted by Gasteiger charge is 2.36. The monoisotopic (exact) mass is 275 g/mol. The molecule has 1 aliphatic heterocycles. The van der Waals surface area contributed by atoms with Crippen LogP contribution >= 0.6 is 0 Å². The summed E-state index contributed by atoms with van der Waals surface area (Å²) in [4.78, 5) is 36.5. The molecule has 6 nitrogen and oxygen atoms in total. The molecule has 0 radical (unpaired) electrons. The van der Waals surface area contributed by atoms with Gasteiger partial charge in [0.15, 0.2) is 0 Å². The Labute approximate surface area is 116 Å². The third-order valence-electron chi connectivity index (χ3n) is 3.36. The highest BCUT2D eigenvalue weighted by atomic mass is 16.2. The van der Waals surface area contributed by atoms with E-state index < -0.39 is 11.7 Å². The summed E-state index contributed by atoms with van der Waals surface area (Å²) in [5.74, 6) is 3.71. The Balaban J connectivity index is 2.22. The molecule has 3 N–H and O–H groups in total. The van der Waals surface area contributed by atoms with Crippen LogP contribution in [0.15, 0.2) is 12.1 Å². The number of nitrogens with zero attached hydrogens (tertiary/aromatic N) is 1. The van der Waals surface area contributed by atoms with Gasteiger partial charge in [0.05, 0.1) is 11.3 Å². The number of hydrazine groups is 1. The fraction of sp³-hybridized carbons (Fsp3) is 0.357. The van der Waals surface area contributed by atoms with Gasteiger partial charge in [0.2, 0.25) is 5.91 Å². The zero-order valence-corrected chi connectivity index (χ0v) is 11.5. The number of hydrogen-bond donors (Lipinski definition) is 2. The number of fused-ring (bicyclic) bond motifs is 1. The van der Waals surface area contributed by atoms with E-state index in [9.17, 15) is 14.4 Å².